The lowest BCUT2D eigenvalue weighted by Gasteiger charge is -2.24. The number of carbonyl (C=O) groups excluding carboxylic acids is 1. The quantitative estimate of drug-likeness (QED) is 0.364. The first-order valence-corrected chi connectivity index (χ1v) is 10.8. The number of aromatic nitrogens is 2. The number of rotatable bonds is 7. The molecule has 2 aromatic rings. The molecule has 0 aromatic carbocycles. The van der Waals surface area contributed by atoms with Crippen molar-refractivity contribution in [3.05, 3.63) is 34.9 Å². The van der Waals surface area contributed by atoms with E-state index in [4.69, 9.17) is 11.6 Å². The standard InChI is InChI=1S/C16H17ClF3N3O3S2/c1-3-23(14(24)10(2)8-28(26)9-16(18,19)20)15-12(17)21-13(27-15)11-5-4-6-22(25)7-11/h4-7,10H,3,8-9H2,1-2H3. The van der Waals surface area contributed by atoms with Crippen molar-refractivity contribution in [2.75, 3.05) is 23.0 Å². The summed E-state index contributed by atoms with van der Waals surface area (Å²) < 4.78 is 49.3. The molecular weight excluding hydrogens is 439 g/mol. The number of hydrogen-bond donors (Lipinski definition) is 0. The highest BCUT2D eigenvalue weighted by molar-refractivity contribution is 7.91. The van der Waals surface area contributed by atoms with Gasteiger partial charge in [-0.05, 0) is 31.1 Å². The Hall–Kier alpha value is -1.56. The zero-order valence-corrected chi connectivity index (χ0v) is 17.3. The summed E-state index contributed by atoms with van der Waals surface area (Å²) in [7, 11) is 0. The predicted octanol–water partition coefficient (Wildman–Crippen LogP) is 3.40. The van der Waals surface area contributed by atoms with Crippen LogP contribution in [0, 0.1) is 11.1 Å². The van der Waals surface area contributed by atoms with E-state index in [0.717, 1.165) is 11.3 Å². The van der Waals surface area contributed by atoms with Crippen LogP contribution in [0.2, 0.25) is 5.15 Å². The first-order valence-electron chi connectivity index (χ1n) is 8.10. The molecule has 0 radical (unpaired) electrons. The van der Waals surface area contributed by atoms with Crippen LogP contribution >= 0.6 is 22.9 Å². The highest BCUT2D eigenvalue weighted by Gasteiger charge is 2.37. The SMILES string of the molecule is CCN(C(=O)C(C)C[S+]([O-])CC(F)(F)F)c1sc(-c2ccc[n+]([O-])c2)nc1Cl. The number of halogens is 4. The number of carbonyl (C=O) groups is 1. The van der Waals surface area contributed by atoms with Crippen molar-refractivity contribution in [1.29, 1.82) is 0 Å². The zero-order chi connectivity index (χ0) is 21.1. The minimum Gasteiger partial charge on any atom is -0.619 e. The lowest BCUT2D eigenvalue weighted by molar-refractivity contribution is -0.604. The van der Waals surface area contributed by atoms with Gasteiger partial charge in [-0.3, -0.25) is 4.79 Å². The van der Waals surface area contributed by atoms with Crippen LogP contribution < -0.4 is 9.63 Å². The van der Waals surface area contributed by atoms with Gasteiger partial charge in [-0.2, -0.15) is 17.9 Å². The Morgan fingerprint density at radius 2 is 2.18 bits per heavy atom. The van der Waals surface area contributed by atoms with Gasteiger partial charge >= 0.3 is 6.18 Å². The van der Waals surface area contributed by atoms with Crippen LogP contribution in [0.5, 0.6) is 0 Å². The number of hydrogen-bond acceptors (Lipinski definition) is 5. The Labute approximate surface area is 171 Å². The molecule has 2 atom stereocenters. The van der Waals surface area contributed by atoms with Crippen LogP contribution in [0.25, 0.3) is 10.6 Å². The van der Waals surface area contributed by atoms with E-state index in [-0.39, 0.29) is 11.7 Å². The van der Waals surface area contributed by atoms with E-state index < -0.39 is 40.7 Å². The third-order valence-electron chi connectivity index (χ3n) is 3.60. The van der Waals surface area contributed by atoms with Gasteiger partial charge in [0.2, 0.25) is 11.7 Å². The molecule has 1 amide bonds. The Morgan fingerprint density at radius 1 is 1.50 bits per heavy atom. The minimum absolute atomic E-state index is 0.0418. The maximum absolute atomic E-state index is 12.7. The fourth-order valence-corrected chi connectivity index (χ4v) is 4.98. The van der Waals surface area contributed by atoms with Gasteiger partial charge in [0.05, 0.1) is 11.5 Å². The van der Waals surface area contributed by atoms with Gasteiger partial charge in [-0.25, -0.2) is 4.98 Å². The average molecular weight is 456 g/mol. The summed E-state index contributed by atoms with van der Waals surface area (Å²) >= 11 is 5.04. The maximum atomic E-state index is 12.7. The molecule has 2 unspecified atom stereocenters. The molecular formula is C16H17ClF3N3O3S2. The first kappa shape index (κ1) is 22.7. The Bertz CT molecular complexity index is 835. The molecule has 2 rings (SSSR count). The lowest BCUT2D eigenvalue weighted by Crippen LogP contribution is -2.38. The van der Waals surface area contributed by atoms with E-state index in [2.05, 4.69) is 4.98 Å². The van der Waals surface area contributed by atoms with E-state index in [9.17, 15) is 27.7 Å². The Morgan fingerprint density at radius 3 is 2.75 bits per heavy atom. The summed E-state index contributed by atoms with van der Waals surface area (Å²) in [6, 6.07) is 3.20. The van der Waals surface area contributed by atoms with Gasteiger partial charge in [-0.15, -0.1) is 0 Å². The van der Waals surface area contributed by atoms with E-state index in [1.54, 1.807) is 13.0 Å². The lowest BCUT2D eigenvalue weighted by atomic mass is 10.2. The molecule has 0 N–H and O–H groups in total. The fraction of sp³-hybridized carbons (Fsp3) is 0.438. The highest BCUT2D eigenvalue weighted by atomic mass is 35.5. The number of alkyl halides is 3. The number of nitrogens with zero attached hydrogens (tertiary/aromatic N) is 3. The second kappa shape index (κ2) is 9.29. The van der Waals surface area contributed by atoms with Crippen LogP contribution in [0.1, 0.15) is 13.8 Å². The van der Waals surface area contributed by atoms with E-state index in [1.165, 1.54) is 30.3 Å². The minimum atomic E-state index is -4.55. The summed E-state index contributed by atoms with van der Waals surface area (Å²) in [6.07, 6.45) is -1.94. The summed E-state index contributed by atoms with van der Waals surface area (Å²) in [6.45, 7) is 3.31. The zero-order valence-electron chi connectivity index (χ0n) is 14.9. The molecule has 0 spiro atoms. The van der Waals surface area contributed by atoms with Crippen LogP contribution in [0.15, 0.2) is 24.5 Å². The molecule has 0 aliphatic rings. The van der Waals surface area contributed by atoms with Gasteiger partial charge < -0.3 is 14.7 Å². The smallest absolute Gasteiger partial charge is 0.433 e. The van der Waals surface area contributed by atoms with Gasteiger partial charge in [-0.1, -0.05) is 22.9 Å². The number of anilines is 1. The van der Waals surface area contributed by atoms with Crippen molar-refractivity contribution < 1.29 is 27.2 Å². The summed E-state index contributed by atoms with van der Waals surface area (Å²) in [5.74, 6) is -3.26. The topological polar surface area (TPSA) is 83.2 Å². The van der Waals surface area contributed by atoms with Gasteiger partial charge in [0.1, 0.15) is 15.8 Å². The molecule has 0 saturated heterocycles. The predicted molar refractivity (Wildman–Crippen MR) is 103 cm³/mol. The van der Waals surface area contributed by atoms with Gasteiger partial charge in [0, 0.05) is 12.6 Å². The van der Waals surface area contributed by atoms with Crippen molar-refractivity contribution in [2.24, 2.45) is 5.92 Å². The third-order valence-corrected chi connectivity index (χ3v) is 6.63. The maximum Gasteiger partial charge on any atom is 0.433 e. The Kier molecular flexibility index (Phi) is 7.54. The van der Waals surface area contributed by atoms with Crippen molar-refractivity contribution in [3.63, 3.8) is 0 Å². The van der Waals surface area contributed by atoms with Crippen molar-refractivity contribution in [1.82, 2.24) is 4.98 Å². The molecule has 28 heavy (non-hydrogen) atoms. The van der Waals surface area contributed by atoms with Crippen molar-refractivity contribution >= 4 is 45.0 Å². The molecule has 6 nitrogen and oxygen atoms in total. The van der Waals surface area contributed by atoms with E-state index >= 15 is 0 Å². The summed E-state index contributed by atoms with van der Waals surface area (Å²) in [5.41, 5.74) is 0.512. The number of thiazole rings is 1. The third kappa shape index (κ3) is 5.97. The molecule has 0 aliphatic heterocycles. The molecule has 0 fully saturated rings. The monoisotopic (exact) mass is 455 g/mol. The van der Waals surface area contributed by atoms with E-state index in [1.807, 2.05) is 0 Å². The second-order valence-electron chi connectivity index (χ2n) is 5.92. The van der Waals surface area contributed by atoms with Crippen LogP contribution in [-0.2, 0) is 16.0 Å². The molecule has 2 aromatic heterocycles. The van der Waals surface area contributed by atoms with Crippen molar-refractivity contribution in [3.8, 4) is 10.6 Å². The fourth-order valence-electron chi connectivity index (χ4n) is 2.42. The molecule has 0 aliphatic carbocycles. The average Bonchev–Trinajstić information content (AvgIpc) is 2.95. The van der Waals surface area contributed by atoms with Crippen molar-refractivity contribution in [2.45, 2.75) is 20.0 Å². The van der Waals surface area contributed by atoms with Crippen LogP contribution in [0.4, 0.5) is 18.2 Å². The largest absolute Gasteiger partial charge is 0.619 e. The molecule has 0 saturated carbocycles. The summed E-state index contributed by atoms with van der Waals surface area (Å²) in [4.78, 5) is 18.2. The first-order chi connectivity index (χ1) is 13.0. The Balaban J connectivity index is 2.19. The number of amides is 1. The van der Waals surface area contributed by atoms with Gasteiger partial charge in [0.25, 0.3) is 0 Å². The summed E-state index contributed by atoms with van der Waals surface area (Å²) in [5, 5.41) is 12.2. The normalized spacial score (nSPS) is 14.0. The molecule has 0 bridgehead atoms. The van der Waals surface area contributed by atoms with Gasteiger partial charge in [0.15, 0.2) is 17.5 Å². The molecule has 154 valence electrons. The molecule has 12 heteroatoms. The highest BCUT2D eigenvalue weighted by Crippen LogP contribution is 2.38. The second-order valence-corrected chi connectivity index (χ2v) is 8.75. The van der Waals surface area contributed by atoms with E-state index in [0.29, 0.717) is 20.3 Å². The van der Waals surface area contributed by atoms with Crippen LogP contribution in [0.3, 0.4) is 0 Å². The van der Waals surface area contributed by atoms with Crippen LogP contribution in [-0.4, -0.2) is 39.7 Å². The number of pyridine rings is 1. The molecule has 2 heterocycles.